The van der Waals surface area contributed by atoms with Crippen molar-refractivity contribution in [3.63, 3.8) is 0 Å². The summed E-state index contributed by atoms with van der Waals surface area (Å²) in [4.78, 5) is 26.0. The van der Waals surface area contributed by atoms with Crippen LogP contribution in [0.4, 0.5) is 0 Å². The van der Waals surface area contributed by atoms with Gasteiger partial charge in [-0.15, -0.1) is 0 Å². The van der Waals surface area contributed by atoms with Crippen molar-refractivity contribution in [1.82, 2.24) is 10.2 Å². The Morgan fingerprint density at radius 2 is 2.05 bits per heavy atom. The largest absolute Gasteiger partial charge is 0.465 e. The number of amides is 1. The lowest BCUT2D eigenvalue weighted by molar-refractivity contribution is -0.151. The first-order chi connectivity index (χ1) is 9.19. The highest BCUT2D eigenvalue weighted by molar-refractivity contribution is 5.85. The first-order valence-electron chi connectivity index (χ1n) is 7.41. The standard InChI is InChI=1S/C14H22N2O3/c1-2-19-13(17)8-16(10-4-5-10)14(18)11-7-9-3-6-12(11)15-9/h9-12,15H,2-8H2,1H3. The fourth-order valence-electron chi connectivity index (χ4n) is 3.43. The van der Waals surface area contributed by atoms with Gasteiger partial charge in [0.25, 0.3) is 0 Å². The van der Waals surface area contributed by atoms with Gasteiger partial charge in [0.1, 0.15) is 6.54 Å². The molecule has 3 unspecified atom stereocenters. The Balaban J connectivity index is 1.63. The van der Waals surface area contributed by atoms with E-state index in [1.165, 1.54) is 6.42 Å². The smallest absolute Gasteiger partial charge is 0.325 e. The minimum Gasteiger partial charge on any atom is -0.465 e. The lowest BCUT2D eigenvalue weighted by Gasteiger charge is -2.28. The van der Waals surface area contributed by atoms with E-state index in [4.69, 9.17) is 4.74 Å². The molecule has 1 amide bonds. The van der Waals surface area contributed by atoms with E-state index >= 15 is 0 Å². The molecule has 1 saturated carbocycles. The summed E-state index contributed by atoms with van der Waals surface area (Å²) < 4.78 is 4.98. The van der Waals surface area contributed by atoms with E-state index in [2.05, 4.69) is 5.32 Å². The Kier molecular flexibility index (Phi) is 3.48. The van der Waals surface area contributed by atoms with Gasteiger partial charge in [-0.3, -0.25) is 9.59 Å². The van der Waals surface area contributed by atoms with Crippen LogP contribution in [0.2, 0.25) is 0 Å². The second-order valence-electron chi connectivity index (χ2n) is 5.89. The van der Waals surface area contributed by atoms with Gasteiger partial charge in [-0.05, 0) is 39.0 Å². The predicted molar refractivity (Wildman–Crippen MR) is 69.4 cm³/mol. The zero-order valence-corrected chi connectivity index (χ0v) is 11.4. The molecule has 2 bridgehead atoms. The van der Waals surface area contributed by atoms with Crippen molar-refractivity contribution in [3.8, 4) is 0 Å². The van der Waals surface area contributed by atoms with Gasteiger partial charge in [-0.25, -0.2) is 0 Å². The number of rotatable bonds is 5. The Morgan fingerprint density at radius 3 is 2.58 bits per heavy atom. The maximum atomic E-state index is 12.6. The van der Waals surface area contributed by atoms with Crippen LogP contribution in [-0.2, 0) is 14.3 Å². The van der Waals surface area contributed by atoms with Crippen LogP contribution in [0.5, 0.6) is 0 Å². The fourth-order valence-corrected chi connectivity index (χ4v) is 3.43. The molecule has 5 nitrogen and oxygen atoms in total. The number of carbonyl (C=O) groups is 2. The molecule has 2 aliphatic heterocycles. The Labute approximate surface area is 113 Å². The van der Waals surface area contributed by atoms with Crippen LogP contribution in [0.15, 0.2) is 0 Å². The fraction of sp³-hybridized carbons (Fsp3) is 0.857. The van der Waals surface area contributed by atoms with Crippen LogP contribution < -0.4 is 5.32 Å². The molecule has 3 rings (SSSR count). The molecule has 0 aromatic carbocycles. The summed E-state index contributed by atoms with van der Waals surface area (Å²) in [5.74, 6) is -0.0390. The first-order valence-corrected chi connectivity index (χ1v) is 7.41. The molecular weight excluding hydrogens is 244 g/mol. The van der Waals surface area contributed by atoms with Crippen molar-refractivity contribution in [2.45, 2.75) is 57.2 Å². The number of nitrogens with zero attached hydrogens (tertiary/aromatic N) is 1. The number of hydrogen-bond acceptors (Lipinski definition) is 4. The molecule has 2 saturated heterocycles. The minimum atomic E-state index is -0.279. The number of fused-ring (bicyclic) bond motifs is 2. The van der Waals surface area contributed by atoms with E-state index in [0.717, 1.165) is 25.7 Å². The number of ether oxygens (including phenoxy) is 1. The van der Waals surface area contributed by atoms with Crippen LogP contribution in [-0.4, -0.2) is 48.1 Å². The van der Waals surface area contributed by atoms with Gasteiger partial charge in [-0.1, -0.05) is 0 Å². The van der Waals surface area contributed by atoms with Gasteiger partial charge < -0.3 is 15.0 Å². The third kappa shape index (κ3) is 2.61. The maximum absolute atomic E-state index is 12.6. The third-order valence-electron chi connectivity index (χ3n) is 4.49. The monoisotopic (exact) mass is 266 g/mol. The topological polar surface area (TPSA) is 58.6 Å². The van der Waals surface area contributed by atoms with E-state index in [-0.39, 0.29) is 30.4 Å². The summed E-state index contributed by atoms with van der Waals surface area (Å²) in [6, 6.07) is 1.12. The minimum absolute atomic E-state index is 0.0776. The average molecular weight is 266 g/mol. The number of esters is 1. The summed E-state index contributed by atoms with van der Waals surface area (Å²) in [6.45, 7) is 2.30. The van der Waals surface area contributed by atoms with Crippen molar-refractivity contribution < 1.29 is 14.3 Å². The SMILES string of the molecule is CCOC(=O)CN(C(=O)C1CC2CCC1N2)C1CC1. The molecule has 3 aliphatic rings. The van der Waals surface area contributed by atoms with Gasteiger partial charge >= 0.3 is 5.97 Å². The highest BCUT2D eigenvalue weighted by Gasteiger charge is 2.46. The van der Waals surface area contributed by atoms with Gasteiger partial charge in [0.2, 0.25) is 5.91 Å². The summed E-state index contributed by atoms with van der Waals surface area (Å²) in [6.07, 6.45) is 5.28. The third-order valence-corrected chi connectivity index (χ3v) is 4.49. The van der Waals surface area contributed by atoms with E-state index < -0.39 is 0 Å². The van der Waals surface area contributed by atoms with Crippen molar-refractivity contribution in [2.24, 2.45) is 5.92 Å². The van der Waals surface area contributed by atoms with Gasteiger partial charge in [0, 0.05) is 18.1 Å². The predicted octanol–water partition coefficient (Wildman–Crippen LogP) is 0.681. The first kappa shape index (κ1) is 12.9. The van der Waals surface area contributed by atoms with Crippen LogP contribution in [0.25, 0.3) is 0 Å². The molecule has 5 heteroatoms. The molecule has 2 heterocycles. The normalized spacial score (nSPS) is 32.4. The molecule has 0 spiro atoms. The molecule has 1 N–H and O–H groups in total. The molecule has 3 fully saturated rings. The summed E-state index contributed by atoms with van der Waals surface area (Å²) >= 11 is 0. The number of nitrogens with one attached hydrogen (secondary N) is 1. The van der Waals surface area contributed by atoms with Crippen molar-refractivity contribution in [3.05, 3.63) is 0 Å². The second-order valence-corrected chi connectivity index (χ2v) is 5.89. The molecule has 19 heavy (non-hydrogen) atoms. The maximum Gasteiger partial charge on any atom is 0.325 e. The van der Waals surface area contributed by atoms with Crippen molar-refractivity contribution in [1.29, 1.82) is 0 Å². The zero-order valence-electron chi connectivity index (χ0n) is 11.4. The number of hydrogen-bond donors (Lipinski definition) is 1. The molecule has 3 atom stereocenters. The molecular formula is C14H22N2O3. The summed E-state index contributed by atoms with van der Waals surface area (Å²) in [5.41, 5.74) is 0. The van der Waals surface area contributed by atoms with E-state index in [0.29, 0.717) is 18.7 Å². The molecule has 106 valence electrons. The summed E-state index contributed by atoms with van der Waals surface area (Å²) in [5, 5.41) is 3.49. The van der Waals surface area contributed by atoms with Gasteiger partial charge in [-0.2, -0.15) is 0 Å². The lowest BCUT2D eigenvalue weighted by atomic mass is 9.88. The Bertz CT molecular complexity index is 381. The van der Waals surface area contributed by atoms with Crippen LogP contribution in [0, 0.1) is 5.92 Å². The Hall–Kier alpha value is -1.10. The highest BCUT2D eigenvalue weighted by Crippen LogP contribution is 2.37. The lowest BCUT2D eigenvalue weighted by Crippen LogP contribution is -2.44. The van der Waals surface area contributed by atoms with Crippen molar-refractivity contribution in [2.75, 3.05) is 13.2 Å². The van der Waals surface area contributed by atoms with E-state index in [1.54, 1.807) is 11.8 Å². The van der Waals surface area contributed by atoms with E-state index in [9.17, 15) is 9.59 Å². The van der Waals surface area contributed by atoms with Crippen molar-refractivity contribution >= 4 is 11.9 Å². The van der Waals surface area contributed by atoms with Crippen LogP contribution in [0.3, 0.4) is 0 Å². The van der Waals surface area contributed by atoms with E-state index in [1.807, 2.05) is 0 Å². The van der Waals surface area contributed by atoms with Crippen LogP contribution in [0.1, 0.15) is 39.0 Å². The quantitative estimate of drug-likeness (QED) is 0.744. The molecule has 0 aromatic heterocycles. The summed E-state index contributed by atoms with van der Waals surface area (Å²) in [7, 11) is 0. The second kappa shape index (κ2) is 5.12. The van der Waals surface area contributed by atoms with Crippen LogP contribution >= 0.6 is 0 Å². The Morgan fingerprint density at radius 1 is 1.26 bits per heavy atom. The van der Waals surface area contributed by atoms with Gasteiger partial charge in [0.05, 0.1) is 12.5 Å². The average Bonchev–Trinajstić information content (AvgIpc) is 3.01. The highest BCUT2D eigenvalue weighted by atomic mass is 16.5. The zero-order chi connectivity index (χ0) is 13.4. The molecule has 0 aromatic rings. The number of carbonyl (C=O) groups excluding carboxylic acids is 2. The molecule has 1 aliphatic carbocycles. The molecule has 0 radical (unpaired) electrons. The van der Waals surface area contributed by atoms with Gasteiger partial charge in [0.15, 0.2) is 0 Å².